The van der Waals surface area contributed by atoms with Crippen molar-refractivity contribution in [2.45, 2.75) is 12.3 Å². The van der Waals surface area contributed by atoms with E-state index in [0.717, 1.165) is 18.2 Å². The van der Waals surface area contributed by atoms with Gasteiger partial charge in [-0.05, 0) is 30.7 Å². The molecule has 118 valence electrons. The molecule has 2 atom stereocenters. The number of hydrogen-bond donors (Lipinski definition) is 2. The van der Waals surface area contributed by atoms with Gasteiger partial charge in [-0.25, -0.2) is 4.39 Å². The van der Waals surface area contributed by atoms with Gasteiger partial charge in [-0.1, -0.05) is 0 Å². The first-order valence-electron chi connectivity index (χ1n) is 6.51. The Morgan fingerprint density at radius 1 is 1.43 bits per heavy atom. The summed E-state index contributed by atoms with van der Waals surface area (Å²) in [4.78, 5) is 47.3. The highest BCUT2D eigenvalue weighted by atomic mass is 19.1. The van der Waals surface area contributed by atoms with Crippen LogP contribution in [-0.2, 0) is 19.8 Å². The van der Waals surface area contributed by atoms with Crippen molar-refractivity contribution in [3.05, 3.63) is 35.1 Å². The Kier molecular flexibility index (Phi) is 3.97. The van der Waals surface area contributed by atoms with Crippen molar-refractivity contribution in [2.24, 2.45) is 5.92 Å². The molecule has 8 heteroatoms. The molecule has 1 aromatic rings. The van der Waals surface area contributed by atoms with Crippen molar-refractivity contribution < 1.29 is 28.7 Å². The zero-order valence-corrected chi connectivity index (χ0v) is 11.9. The van der Waals surface area contributed by atoms with Crippen LogP contribution in [0.25, 0.3) is 0 Å². The Morgan fingerprint density at radius 2 is 2.09 bits per heavy atom. The van der Waals surface area contributed by atoms with Crippen molar-refractivity contribution in [2.75, 3.05) is 6.54 Å². The van der Waals surface area contributed by atoms with Gasteiger partial charge in [0.2, 0.25) is 5.91 Å². The van der Waals surface area contributed by atoms with Crippen molar-refractivity contribution in [1.82, 2.24) is 5.32 Å². The summed E-state index contributed by atoms with van der Waals surface area (Å²) in [5, 5.41) is 19.8. The van der Waals surface area contributed by atoms with E-state index in [1.54, 1.807) is 6.07 Å². The van der Waals surface area contributed by atoms with Gasteiger partial charge in [-0.15, -0.1) is 0 Å². The maximum atomic E-state index is 13.4. The number of benzene rings is 1. The van der Waals surface area contributed by atoms with E-state index in [4.69, 9.17) is 5.11 Å². The SMILES string of the molecule is CC1(C#N)C(=O)C(C(=O)NCC(=O)O)C(=O)c2ccc(F)cc21. The molecule has 1 aromatic carbocycles. The Labute approximate surface area is 129 Å². The van der Waals surface area contributed by atoms with E-state index in [9.17, 15) is 28.8 Å². The van der Waals surface area contributed by atoms with E-state index in [1.807, 2.05) is 5.32 Å². The van der Waals surface area contributed by atoms with Gasteiger partial charge in [0.15, 0.2) is 17.5 Å². The maximum Gasteiger partial charge on any atom is 0.322 e. The summed E-state index contributed by atoms with van der Waals surface area (Å²) in [7, 11) is 0. The molecule has 0 spiro atoms. The second-order valence-corrected chi connectivity index (χ2v) is 5.20. The zero-order chi connectivity index (χ0) is 17.4. The Bertz CT molecular complexity index is 783. The predicted octanol–water partition coefficient (Wildman–Crippen LogP) is 0.189. The maximum absolute atomic E-state index is 13.4. The van der Waals surface area contributed by atoms with Crippen LogP contribution in [-0.4, -0.2) is 35.1 Å². The number of carbonyl (C=O) groups is 4. The normalized spacial score (nSPS) is 22.9. The molecule has 2 N–H and O–H groups in total. The van der Waals surface area contributed by atoms with Crippen LogP contribution in [0.5, 0.6) is 0 Å². The van der Waals surface area contributed by atoms with Crippen molar-refractivity contribution in [3.63, 3.8) is 0 Å². The summed E-state index contributed by atoms with van der Waals surface area (Å²) in [5.74, 6) is -6.90. The third kappa shape index (κ3) is 2.57. The monoisotopic (exact) mass is 318 g/mol. The molecule has 7 nitrogen and oxygen atoms in total. The van der Waals surface area contributed by atoms with Crippen LogP contribution in [0, 0.1) is 23.1 Å². The van der Waals surface area contributed by atoms with Crippen LogP contribution in [0.4, 0.5) is 4.39 Å². The molecule has 23 heavy (non-hydrogen) atoms. The Hall–Kier alpha value is -3.08. The topological polar surface area (TPSA) is 124 Å². The van der Waals surface area contributed by atoms with E-state index in [2.05, 4.69) is 0 Å². The molecule has 1 aliphatic rings. The van der Waals surface area contributed by atoms with Gasteiger partial charge in [0.05, 0.1) is 6.07 Å². The predicted molar refractivity (Wildman–Crippen MR) is 72.8 cm³/mol. The van der Waals surface area contributed by atoms with E-state index in [-0.39, 0.29) is 11.1 Å². The average molecular weight is 318 g/mol. The number of nitriles is 1. The largest absolute Gasteiger partial charge is 0.480 e. The number of hydrogen-bond acceptors (Lipinski definition) is 5. The zero-order valence-electron chi connectivity index (χ0n) is 11.9. The van der Waals surface area contributed by atoms with Crippen LogP contribution in [0.1, 0.15) is 22.8 Å². The summed E-state index contributed by atoms with van der Waals surface area (Å²) in [6.45, 7) is 0.424. The molecule has 1 amide bonds. The number of halogens is 1. The second kappa shape index (κ2) is 5.61. The number of rotatable bonds is 3. The number of ketones is 2. The van der Waals surface area contributed by atoms with Crippen LogP contribution in [0.3, 0.4) is 0 Å². The highest BCUT2D eigenvalue weighted by molar-refractivity contribution is 6.29. The first-order chi connectivity index (χ1) is 10.7. The van der Waals surface area contributed by atoms with Crippen LogP contribution < -0.4 is 5.32 Å². The number of nitrogens with zero attached hydrogens (tertiary/aromatic N) is 1. The molecule has 0 aliphatic heterocycles. The number of fused-ring (bicyclic) bond motifs is 1. The van der Waals surface area contributed by atoms with E-state index >= 15 is 0 Å². The Balaban J connectivity index is 2.53. The molecular weight excluding hydrogens is 307 g/mol. The number of carbonyl (C=O) groups excluding carboxylic acids is 3. The lowest BCUT2D eigenvalue weighted by Crippen LogP contribution is -2.52. The van der Waals surface area contributed by atoms with Crippen LogP contribution in [0.2, 0.25) is 0 Å². The van der Waals surface area contributed by atoms with Gasteiger partial charge in [-0.2, -0.15) is 5.26 Å². The minimum Gasteiger partial charge on any atom is -0.480 e. The number of aliphatic carboxylic acids is 1. The molecular formula is C15H11FN2O5. The van der Waals surface area contributed by atoms with Crippen LogP contribution in [0.15, 0.2) is 18.2 Å². The van der Waals surface area contributed by atoms with Crippen molar-refractivity contribution in [3.8, 4) is 6.07 Å². The third-order valence-electron chi connectivity index (χ3n) is 3.70. The van der Waals surface area contributed by atoms with E-state index in [1.165, 1.54) is 6.92 Å². The average Bonchev–Trinajstić information content (AvgIpc) is 2.50. The molecule has 0 saturated heterocycles. The highest BCUT2D eigenvalue weighted by Gasteiger charge is 2.52. The molecule has 0 radical (unpaired) electrons. The fraction of sp³-hybridized carbons (Fsp3) is 0.267. The molecule has 2 rings (SSSR count). The standard InChI is InChI=1S/C15H11FN2O5/c1-15(6-17)9-4-7(16)2-3-8(9)12(21)11(13(15)22)14(23)18-5-10(19)20/h2-4,11H,5H2,1H3,(H,18,23)(H,19,20). The van der Waals surface area contributed by atoms with Gasteiger partial charge in [0.1, 0.15) is 17.8 Å². The number of nitrogens with one attached hydrogen (secondary N) is 1. The van der Waals surface area contributed by atoms with Gasteiger partial charge >= 0.3 is 5.97 Å². The number of amides is 1. The van der Waals surface area contributed by atoms with Gasteiger partial charge in [0.25, 0.3) is 0 Å². The number of carboxylic acid groups (broad SMARTS) is 1. The second-order valence-electron chi connectivity index (χ2n) is 5.20. The highest BCUT2D eigenvalue weighted by Crippen LogP contribution is 2.37. The van der Waals surface area contributed by atoms with Gasteiger partial charge < -0.3 is 10.4 Å². The van der Waals surface area contributed by atoms with Gasteiger partial charge in [-0.3, -0.25) is 19.2 Å². The van der Waals surface area contributed by atoms with Gasteiger partial charge in [0, 0.05) is 5.56 Å². The quantitative estimate of drug-likeness (QED) is 0.767. The van der Waals surface area contributed by atoms with E-state index < -0.39 is 47.1 Å². The Morgan fingerprint density at radius 3 is 2.65 bits per heavy atom. The minimum atomic E-state index is -1.88. The summed E-state index contributed by atoms with van der Waals surface area (Å²) >= 11 is 0. The summed E-state index contributed by atoms with van der Waals surface area (Å²) < 4.78 is 13.4. The van der Waals surface area contributed by atoms with Crippen molar-refractivity contribution >= 4 is 23.4 Å². The molecule has 0 saturated carbocycles. The first-order valence-corrected chi connectivity index (χ1v) is 6.51. The first kappa shape index (κ1) is 16.3. The lowest BCUT2D eigenvalue weighted by atomic mass is 9.66. The summed E-state index contributed by atoms with van der Waals surface area (Å²) in [6, 6.07) is 4.72. The smallest absolute Gasteiger partial charge is 0.322 e. The molecule has 0 aromatic heterocycles. The fourth-order valence-electron chi connectivity index (χ4n) is 2.46. The molecule has 0 bridgehead atoms. The molecule has 0 fully saturated rings. The minimum absolute atomic E-state index is 0.0997. The lowest BCUT2D eigenvalue weighted by Gasteiger charge is -2.31. The lowest BCUT2D eigenvalue weighted by molar-refractivity contribution is -0.140. The van der Waals surface area contributed by atoms with E-state index in [0.29, 0.717) is 0 Å². The number of Topliss-reactive ketones (excluding diaryl/α,β-unsaturated/α-hetero) is 2. The third-order valence-corrected chi connectivity index (χ3v) is 3.70. The van der Waals surface area contributed by atoms with Crippen molar-refractivity contribution in [1.29, 1.82) is 5.26 Å². The number of carboxylic acids is 1. The van der Waals surface area contributed by atoms with Crippen LogP contribution >= 0.6 is 0 Å². The molecule has 1 aliphatic carbocycles. The summed E-state index contributed by atoms with van der Waals surface area (Å²) in [6.07, 6.45) is 0. The fourth-order valence-corrected chi connectivity index (χ4v) is 2.46. The summed E-state index contributed by atoms with van der Waals surface area (Å²) in [5.41, 5.74) is -2.08. The molecule has 2 unspecified atom stereocenters. The molecule has 0 heterocycles.